The van der Waals surface area contributed by atoms with Crippen LogP contribution in [0.2, 0.25) is 0 Å². The molecular weight excluding hydrogens is 232 g/mol. The molecule has 1 saturated heterocycles. The third-order valence-corrected chi connectivity index (χ3v) is 3.77. The third-order valence-electron chi connectivity index (χ3n) is 3.77. The zero-order chi connectivity index (χ0) is 13.9. The van der Waals surface area contributed by atoms with Crippen molar-refractivity contribution in [2.75, 3.05) is 0 Å². The van der Waals surface area contributed by atoms with Crippen LogP contribution in [0.1, 0.15) is 71.6 Å². The summed E-state index contributed by atoms with van der Waals surface area (Å²) < 4.78 is 5.53. The van der Waals surface area contributed by atoms with Crippen molar-refractivity contribution in [2.24, 2.45) is 5.92 Å². The van der Waals surface area contributed by atoms with E-state index >= 15 is 0 Å². The lowest BCUT2D eigenvalue weighted by atomic mass is 10.0. The summed E-state index contributed by atoms with van der Waals surface area (Å²) in [7, 11) is 0. The van der Waals surface area contributed by atoms with Crippen molar-refractivity contribution in [1.29, 1.82) is 0 Å². The molecule has 1 aliphatic heterocycles. The lowest BCUT2D eigenvalue weighted by molar-refractivity contribution is 0.372. The van der Waals surface area contributed by atoms with Crippen LogP contribution >= 0.6 is 0 Å². The van der Waals surface area contributed by atoms with Crippen LogP contribution in [0.3, 0.4) is 0 Å². The van der Waals surface area contributed by atoms with Crippen molar-refractivity contribution in [3.05, 3.63) is 24.8 Å². The average Bonchev–Trinajstić information content (AvgIpc) is 3.10. The summed E-state index contributed by atoms with van der Waals surface area (Å²) in [6, 6.07) is 0. The first kappa shape index (κ1) is 16.5. The second kappa shape index (κ2) is 10.3. The quantitative estimate of drug-likeness (QED) is 0.251. The first-order valence-corrected chi connectivity index (χ1v) is 8.15. The van der Waals surface area contributed by atoms with E-state index < -0.39 is 0 Å². The number of hydrogen-bond donors (Lipinski definition) is 0. The maximum absolute atomic E-state index is 5.53. The molecule has 0 spiro atoms. The van der Waals surface area contributed by atoms with Crippen LogP contribution in [0.4, 0.5) is 0 Å². The van der Waals surface area contributed by atoms with Gasteiger partial charge in [0.2, 0.25) is 0 Å². The number of ether oxygens (including phenoxy) is 1. The fraction of sp³-hybridized carbons (Fsp3) is 0.778. The minimum Gasteiger partial charge on any atom is -0.369 e. The Balaban J connectivity index is 1.79. The van der Waals surface area contributed by atoms with E-state index in [0.29, 0.717) is 12.2 Å². The van der Waals surface area contributed by atoms with Gasteiger partial charge in [0, 0.05) is 0 Å². The molecular formula is C18H32O. The summed E-state index contributed by atoms with van der Waals surface area (Å²) >= 11 is 0. The highest BCUT2D eigenvalue weighted by Gasteiger charge is 2.35. The van der Waals surface area contributed by atoms with Gasteiger partial charge in [-0.05, 0) is 31.6 Å². The van der Waals surface area contributed by atoms with E-state index in [2.05, 4.69) is 32.6 Å². The fourth-order valence-electron chi connectivity index (χ4n) is 2.45. The van der Waals surface area contributed by atoms with Crippen molar-refractivity contribution < 1.29 is 4.74 Å². The predicted octanol–water partition coefficient (Wildman–Crippen LogP) is 5.66. The van der Waals surface area contributed by atoms with E-state index in [4.69, 9.17) is 4.74 Å². The van der Waals surface area contributed by atoms with Gasteiger partial charge in [-0.1, -0.05) is 64.2 Å². The van der Waals surface area contributed by atoms with Crippen molar-refractivity contribution in [1.82, 2.24) is 0 Å². The normalized spacial score (nSPS) is 22.3. The monoisotopic (exact) mass is 264 g/mol. The maximum atomic E-state index is 5.53. The highest BCUT2D eigenvalue weighted by molar-refractivity contribution is 4.96. The molecule has 0 amide bonds. The molecule has 1 aliphatic rings. The second-order valence-electron chi connectivity index (χ2n) is 6.18. The minimum absolute atomic E-state index is 0.461. The molecule has 0 radical (unpaired) electrons. The highest BCUT2D eigenvalue weighted by atomic mass is 16.6. The van der Waals surface area contributed by atoms with E-state index in [-0.39, 0.29) is 0 Å². The molecule has 0 aromatic carbocycles. The zero-order valence-corrected chi connectivity index (χ0v) is 12.9. The molecule has 0 aromatic heterocycles. The van der Waals surface area contributed by atoms with Crippen molar-refractivity contribution in [2.45, 2.75) is 83.8 Å². The lowest BCUT2D eigenvalue weighted by Gasteiger charge is -2.03. The Kier molecular flexibility index (Phi) is 8.90. The topological polar surface area (TPSA) is 12.5 Å². The van der Waals surface area contributed by atoms with Crippen LogP contribution in [-0.4, -0.2) is 12.2 Å². The molecule has 2 unspecified atom stereocenters. The van der Waals surface area contributed by atoms with Gasteiger partial charge in [0.15, 0.2) is 0 Å². The molecule has 2 atom stereocenters. The van der Waals surface area contributed by atoms with Crippen molar-refractivity contribution in [3.63, 3.8) is 0 Å². The largest absolute Gasteiger partial charge is 0.369 e. The Labute approximate surface area is 120 Å². The highest BCUT2D eigenvalue weighted by Crippen LogP contribution is 2.28. The molecule has 0 N–H and O–H groups in total. The number of hydrogen-bond acceptors (Lipinski definition) is 1. The molecule has 0 aliphatic carbocycles. The van der Waals surface area contributed by atoms with Gasteiger partial charge in [-0.2, -0.15) is 0 Å². The maximum Gasteiger partial charge on any atom is 0.0879 e. The van der Waals surface area contributed by atoms with Gasteiger partial charge in [0.1, 0.15) is 0 Å². The van der Waals surface area contributed by atoms with Crippen LogP contribution in [0.5, 0.6) is 0 Å². The molecule has 1 rings (SSSR count). The SMILES string of the molecule is C=CCC1OC1C/C=C\CCCCCCCC(C)C. The van der Waals surface area contributed by atoms with E-state index in [1.165, 1.54) is 44.9 Å². The number of epoxide rings is 1. The summed E-state index contributed by atoms with van der Waals surface area (Å²) in [5, 5.41) is 0. The first-order valence-electron chi connectivity index (χ1n) is 8.15. The predicted molar refractivity (Wildman–Crippen MR) is 84.4 cm³/mol. The average molecular weight is 264 g/mol. The van der Waals surface area contributed by atoms with E-state index in [1.807, 2.05) is 6.08 Å². The number of rotatable bonds is 12. The van der Waals surface area contributed by atoms with Crippen LogP contribution < -0.4 is 0 Å². The van der Waals surface area contributed by atoms with Crippen LogP contribution in [-0.2, 0) is 4.74 Å². The first-order chi connectivity index (χ1) is 9.24. The van der Waals surface area contributed by atoms with Gasteiger partial charge < -0.3 is 4.74 Å². The minimum atomic E-state index is 0.461. The van der Waals surface area contributed by atoms with Crippen molar-refractivity contribution in [3.8, 4) is 0 Å². The van der Waals surface area contributed by atoms with Crippen LogP contribution in [0.25, 0.3) is 0 Å². The Morgan fingerprint density at radius 2 is 1.63 bits per heavy atom. The molecule has 0 aromatic rings. The summed E-state index contributed by atoms with van der Waals surface area (Å²) in [4.78, 5) is 0. The Bertz CT molecular complexity index is 254. The Morgan fingerprint density at radius 1 is 0.947 bits per heavy atom. The molecule has 110 valence electrons. The molecule has 0 bridgehead atoms. The van der Waals surface area contributed by atoms with E-state index in [9.17, 15) is 0 Å². The molecule has 1 heteroatoms. The molecule has 1 nitrogen and oxygen atoms in total. The smallest absolute Gasteiger partial charge is 0.0879 e. The van der Waals surface area contributed by atoms with E-state index in [1.54, 1.807) is 0 Å². The van der Waals surface area contributed by atoms with Gasteiger partial charge in [0.25, 0.3) is 0 Å². The molecule has 19 heavy (non-hydrogen) atoms. The fourth-order valence-corrected chi connectivity index (χ4v) is 2.45. The molecule has 1 heterocycles. The summed E-state index contributed by atoms with van der Waals surface area (Å²) in [5.41, 5.74) is 0. The summed E-state index contributed by atoms with van der Waals surface area (Å²) in [5.74, 6) is 0.873. The summed E-state index contributed by atoms with van der Waals surface area (Å²) in [6.45, 7) is 8.37. The van der Waals surface area contributed by atoms with Gasteiger partial charge in [-0.3, -0.25) is 0 Å². The molecule has 1 fully saturated rings. The molecule has 0 saturated carbocycles. The van der Waals surface area contributed by atoms with Gasteiger partial charge in [-0.25, -0.2) is 0 Å². The van der Waals surface area contributed by atoms with E-state index in [0.717, 1.165) is 18.8 Å². The van der Waals surface area contributed by atoms with Crippen LogP contribution in [0, 0.1) is 5.92 Å². The zero-order valence-electron chi connectivity index (χ0n) is 12.9. The third kappa shape index (κ3) is 9.04. The standard InChI is InChI=1S/C18H32O/c1-4-13-17-18(19-17)15-12-10-8-6-5-7-9-11-14-16(2)3/h4,10,12,16-18H,1,5-9,11,13-15H2,2-3H3/b12-10-. The Morgan fingerprint density at radius 3 is 2.37 bits per heavy atom. The van der Waals surface area contributed by atoms with Crippen LogP contribution in [0.15, 0.2) is 24.8 Å². The Hall–Kier alpha value is -0.560. The summed E-state index contributed by atoms with van der Waals surface area (Å²) in [6.07, 6.45) is 19.2. The number of allylic oxidation sites excluding steroid dienone is 1. The lowest BCUT2D eigenvalue weighted by Crippen LogP contribution is -1.89. The second-order valence-corrected chi connectivity index (χ2v) is 6.18. The van der Waals surface area contributed by atoms with Gasteiger partial charge in [0.05, 0.1) is 12.2 Å². The van der Waals surface area contributed by atoms with Crippen molar-refractivity contribution >= 4 is 0 Å². The van der Waals surface area contributed by atoms with Gasteiger partial charge in [-0.15, -0.1) is 6.58 Å². The number of unbranched alkanes of at least 4 members (excludes halogenated alkanes) is 5. The van der Waals surface area contributed by atoms with Gasteiger partial charge >= 0.3 is 0 Å².